The minimum atomic E-state index is -4.48. The van der Waals surface area contributed by atoms with Crippen molar-refractivity contribution in [3.05, 3.63) is 47.7 Å². The van der Waals surface area contributed by atoms with Gasteiger partial charge in [0.1, 0.15) is 5.76 Å². The van der Waals surface area contributed by atoms with Gasteiger partial charge in [-0.05, 0) is 31.2 Å². The number of alkyl halides is 3. The highest BCUT2D eigenvalue weighted by atomic mass is 19.4. The van der Waals surface area contributed by atoms with Gasteiger partial charge in [-0.2, -0.15) is 13.2 Å². The summed E-state index contributed by atoms with van der Waals surface area (Å²) in [5, 5.41) is 0. The Kier molecular flexibility index (Phi) is 5.20. The standard InChI is InChI=1S/C17H16F3NO4/c1-10(15(22)21(2)3)24-16(23)14-8-7-13(25-14)11-5-4-6-12(9-11)17(18,19)20/h4-10H,1-3H3/t10-/m1/s1. The van der Waals surface area contributed by atoms with Crippen LogP contribution in [0.15, 0.2) is 40.8 Å². The van der Waals surface area contributed by atoms with E-state index in [-0.39, 0.29) is 17.1 Å². The van der Waals surface area contributed by atoms with Crippen LogP contribution < -0.4 is 0 Å². The fourth-order valence-corrected chi connectivity index (χ4v) is 2.08. The second kappa shape index (κ2) is 7.00. The predicted octanol–water partition coefficient (Wildman–Crippen LogP) is 3.60. The fraction of sp³-hybridized carbons (Fsp3) is 0.294. The zero-order valence-electron chi connectivity index (χ0n) is 13.8. The van der Waals surface area contributed by atoms with Gasteiger partial charge < -0.3 is 14.1 Å². The molecule has 0 aliphatic carbocycles. The van der Waals surface area contributed by atoms with E-state index in [0.29, 0.717) is 0 Å². The molecule has 0 N–H and O–H groups in total. The van der Waals surface area contributed by atoms with Crippen LogP contribution in [0.2, 0.25) is 0 Å². The Bertz CT molecular complexity index is 780. The Morgan fingerprint density at radius 1 is 1.16 bits per heavy atom. The quantitative estimate of drug-likeness (QED) is 0.787. The lowest BCUT2D eigenvalue weighted by molar-refractivity contribution is -0.138. The summed E-state index contributed by atoms with van der Waals surface area (Å²) in [6.07, 6.45) is -5.49. The van der Waals surface area contributed by atoms with Crippen LogP contribution in [0.4, 0.5) is 13.2 Å². The van der Waals surface area contributed by atoms with E-state index in [0.717, 1.165) is 12.1 Å². The smallest absolute Gasteiger partial charge is 0.416 e. The molecule has 1 amide bonds. The largest absolute Gasteiger partial charge is 0.449 e. The molecular formula is C17H16F3NO4. The summed E-state index contributed by atoms with van der Waals surface area (Å²) in [4.78, 5) is 24.9. The average molecular weight is 355 g/mol. The van der Waals surface area contributed by atoms with Crippen LogP contribution in [-0.4, -0.2) is 37.0 Å². The van der Waals surface area contributed by atoms with Gasteiger partial charge in [-0.3, -0.25) is 4.79 Å². The molecule has 2 aromatic rings. The molecule has 0 unspecified atom stereocenters. The summed E-state index contributed by atoms with van der Waals surface area (Å²) in [5.41, 5.74) is -0.651. The van der Waals surface area contributed by atoms with Crippen LogP contribution >= 0.6 is 0 Å². The van der Waals surface area contributed by atoms with Crippen LogP contribution in [0.3, 0.4) is 0 Å². The summed E-state index contributed by atoms with van der Waals surface area (Å²) in [6, 6.07) is 7.19. The lowest BCUT2D eigenvalue weighted by atomic mass is 10.1. The summed E-state index contributed by atoms with van der Waals surface area (Å²) >= 11 is 0. The molecule has 0 radical (unpaired) electrons. The van der Waals surface area contributed by atoms with E-state index < -0.39 is 29.7 Å². The number of rotatable bonds is 4. The molecule has 1 aromatic carbocycles. The molecule has 0 bridgehead atoms. The van der Waals surface area contributed by atoms with Gasteiger partial charge in [0, 0.05) is 19.7 Å². The molecule has 1 aromatic heterocycles. The molecule has 134 valence electrons. The third-order valence-corrected chi connectivity index (χ3v) is 3.35. The first-order valence-electron chi connectivity index (χ1n) is 7.29. The number of esters is 1. The van der Waals surface area contributed by atoms with Crippen LogP contribution in [-0.2, 0) is 15.7 Å². The van der Waals surface area contributed by atoms with Crippen molar-refractivity contribution in [1.29, 1.82) is 0 Å². The molecular weight excluding hydrogens is 339 g/mol. The maximum absolute atomic E-state index is 12.8. The first kappa shape index (κ1) is 18.6. The Morgan fingerprint density at radius 3 is 2.44 bits per heavy atom. The molecule has 25 heavy (non-hydrogen) atoms. The van der Waals surface area contributed by atoms with E-state index in [4.69, 9.17) is 9.15 Å². The number of hydrogen-bond acceptors (Lipinski definition) is 4. The van der Waals surface area contributed by atoms with Crippen molar-refractivity contribution in [1.82, 2.24) is 4.90 Å². The van der Waals surface area contributed by atoms with Gasteiger partial charge in [0.05, 0.1) is 5.56 Å². The predicted molar refractivity (Wildman–Crippen MR) is 82.7 cm³/mol. The number of ether oxygens (including phenoxy) is 1. The van der Waals surface area contributed by atoms with Crippen LogP contribution in [0, 0.1) is 0 Å². The highest BCUT2D eigenvalue weighted by molar-refractivity contribution is 5.90. The Balaban J connectivity index is 2.17. The molecule has 0 fully saturated rings. The Hall–Kier alpha value is -2.77. The van der Waals surface area contributed by atoms with Gasteiger partial charge in [0.25, 0.3) is 5.91 Å². The van der Waals surface area contributed by atoms with Crippen LogP contribution in [0.25, 0.3) is 11.3 Å². The van der Waals surface area contributed by atoms with E-state index >= 15 is 0 Å². The summed E-state index contributed by atoms with van der Waals surface area (Å²) in [5.74, 6) is -1.39. The molecule has 1 atom stereocenters. The van der Waals surface area contributed by atoms with Crippen molar-refractivity contribution in [3.63, 3.8) is 0 Å². The fourth-order valence-electron chi connectivity index (χ4n) is 2.08. The highest BCUT2D eigenvalue weighted by Gasteiger charge is 2.30. The second-order valence-electron chi connectivity index (χ2n) is 5.52. The van der Waals surface area contributed by atoms with Gasteiger partial charge in [0.15, 0.2) is 6.10 Å². The van der Waals surface area contributed by atoms with Crippen LogP contribution in [0.5, 0.6) is 0 Å². The van der Waals surface area contributed by atoms with Crippen molar-refractivity contribution in [2.24, 2.45) is 0 Å². The maximum atomic E-state index is 12.8. The SMILES string of the molecule is C[C@@H](OC(=O)c1ccc(-c2cccc(C(F)(F)F)c2)o1)C(=O)N(C)C. The molecule has 0 spiro atoms. The minimum Gasteiger partial charge on any atom is -0.449 e. The number of nitrogens with zero attached hydrogens (tertiary/aromatic N) is 1. The number of carbonyl (C=O) groups is 2. The number of halogens is 3. The Morgan fingerprint density at radius 2 is 1.84 bits per heavy atom. The van der Waals surface area contributed by atoms with E-state index in [1.807, 2.05) is 0 Å². The monoisotopic (exact) mass is 355 g/mol. The number of likely N-dealkylation sites (N-methyl/N-ethyl adjacent to an activating group) is 1. The zero-order chi connectivity index (χ0) is 18.8. The zero-order valence-corrected chi connectivity index (χ0v) is 13.8. The minimum absolute atomic E-state index is 0.0876. The maximum Gasteiger partial charge on any atom is 0.416 e. The molecule has 5 nitrogen and oxygen atoms in total. The summed E-state index contributed by atoms with van der Waals surface area (Å²) < 4.78 is 48.5. The van der Waals surface area contributed by atoms with Crippen molar-refractivity contribution in [3.8, 4) is 11.3 Å². The molecule has 0 aliphatic heterocycles. The number of carbonyl (C=O) groups excluding carboxylic acids is 2. The third-order valence-electron chi connectivity index (χ3n) is 3.35. The normalized spacial score (nSPS) is 12.6. The first-order chi connectivity index (χ1) is 11.6. The van der Waals surface area contributed by atoms with E-state index in [1.165, 1.54) is 50.2 Å². The molecule has 0 saturated heterocycles. The first-order valence-corrected chi connectivity index (χ1v) is 7.29. The molecule has 1 heterocycles. The number of furan rings is 1. The van der Waals surface area contributed by atoms with Crippen LogP contribution in [0.1, 0.15) is 23.0 Å². The van der Waals surface area contributed by atoms with E-state index in [2.05, 4.69) is 0 Å². The van der Waals surface area contributed by atoms with Crippen molar-refractivity contribution in [2.45, 2.75) is 19.2 Å². The van der Waals surface area contributed by atoms with Crippen molar-refractivity contribution >= 4 is 11.9 Å². The van der Waals surface area contributed by atoms with Gasteiger partial charge in [-0.15, -0.1) is 0 Å². The lowest BCUT2D eigenvalue weighted by Gasteiger charge is -2.16. The lowest BCUT2D eigenvalue weighted by Crippen LogP contribution is -2.34. The number of hydrogen-bond donors (Lipinski definition) is 0. The topological polar surface area (TPSA) is 59.8 Å². The van der Waals surface area contributed by atoms with Gasteiger partial charge in [0.2, 0.25) is 5.76 Å². The van der Waals surface area contributed by atoms with Gasteiger partial charge >= 0.3 is 12.1 Å². The highest BCUT2D eigenvalue weighted by Crippen LogP contribution is 2.32. The van der Waals surface area contributed by atoms with Gasteiger partial charge in [-0.25, -0.2) is 4.79 Å². The van der Waals surface area contributed by atoms with Crippen molar-refractivity contribution in [2.75, 3.05) is 14.1 Å². The molecule has 0 saturated carbocycles. The second-order valence-corrected chi connectivity index (χ2v) is 5.52. The Labute approximate surface area is 142 Å². The summed E-state index contributed by atoms with van der Waals surface area (Å²) in [7, 11) is 3.04. The van der Waals surface area contributed by atoms with E-state index in [9.17, 15) is 22.8 Å². The molecule has 8 heteroatoms. The average Bonchev–Trinajstić information content (AvgIpc) is 3.03. The van der Waals surface area contributed by atoms with E-state index in [1.54, 1.807) is 0 Å². The molecule has 2 rings (SSSR count). The number of amides is 1. The van der Waals surface area contributed by atoms with Gasteiger partial charge in [-0.1, -0.05) is 12.1 Å². The summed E-state index contributed by atoms with van der Waals surface area (Å²) in [6.45, 7) is 1.41. The van der Waals surface area contributed by atoms with Crippen molar-refractivity contribution < 1.29 is 31.9 Å². The molecule has 0 aliphatic rings. The number of benzene rings is 1. The third kappa shape index (κ3) is 4.40.